The predicted molar refractivity (Wildman–Crippen MR) is 206 cm³/mol. The topological polar surface area (TPSA) is 166 Å². The standard InChI is InChI=1S/C19H15ClF5N5O.C19H17ClN6O/c20-13-7-10(1-4-12(13)17(31)29-11-2-3-11)14-8-27-16-15(26-5-6-30(14)16)28-9-18(21,22)19(23,24)25;20-15-10-12(2-5-14(15)19(27)25-13-3-4-13)16-11-24-18-17(22-7-1-6-21)23-8-9-26(16)18/h1,4-8,11H,2-3,9H2,(H,26,28)(H,29,31);2,5,8-11,13H,1,3-4,7H2,(H,22,23)(H,25,27). The third-order valence-electron chi connectivity index (χ3n) is 9.12. The largest absolute Gasteiger partial charge is 0.455 e. The van der Waals surface area contributed by atoms with Crippen LogP contribution in [0.4, 0.5) is 33.6 Å². The number of fused-ring (bicyclic) bond motifs is 2. The number of alkyl halides is 5. The quantitative estimate of drug-likeness (QED) is 0.0710. The van der Waals surface area contributed by atoms with E-state index < -0.39 is 18.6 Å². The summed E-state index contributed by atoms with van der Waals surface area (Å²) < 4.78 is 67.0. The van der Waals surface area contributed by atoms with Gasteiger partial charge in [-0.3, -0.25) is 18.4 Å². The second kappa shape index (κ2) is 16.4. The van der Waals surface area contributed by atoms with Gasteiger partial charge in [-0.15, -0.1) is 0 Å². The number of aromatic nitrogens is 6. The number of hydrogen-bond acceptors (Lipinski definition) is 9. The number of hydrogen-bond donors (Lipinski definition) is 4. The number of amides is 2. The van der Waals surface area contributed by atoms with Crippen molar-refractivity contribution in [2.45, 2.75) is 56.3 Å². The van der Waals surface area contributed by atoms with Crippen molar-refractivity contribution in [2.24, 2.45) is 0 Å². The zero-order valence-corrected chi connectivity index (χ0v) is 31.6. The second-order valence-corrected chi connectivity index (χ2v) is 14.3. The van der Waals surface area contributed by atoms with E-state index in [1.807, 2.05) is 22.0 Å². The maximum atomic E-state index is 13.2. The van der Waals surface area contributed by atoms with Crippen LogP contribution < -0.4 is 21.3 Å². The minimum absolute atomic E-state index is 0.0575. The summed E-state index contributed by atoms with van der Waals surface area (Å²) in [5.74, 6) is -4.96. The molecule has 58 heavy (non-hydrogen) atoms. The minimum atomic E-state index is -5.68. The Morgan fingerprint density at radius 3 is 1.62 bits per heavy atom. The highest BCUT2D eigenvalue weighted by atomic mass is 35.5. The molecule has 4 heterocycles. The van der Waals surface area contributed by atoms with Gasteiger partial charge in [-0.2, -0.15) is 27.2 Å². The lowest BCUT2D eigenvalue weighted by Gasteiger charge is -2.20. The van der Waals surface area contributed by atoms with Crippen molar-refractivity contribution >= 4 is 57.9 Å². The maximum absolute atomic E-state index is 13.2. The van der Waals surface area contributed by atoms with Crippen LogP contribution in [-0.4, -0.2) is 77.8 Å². The molecule has 8 rings (SSSR count). The van der Waals surface area contributed by atoms with Crippen molar-refractivity contribution < 1.29 is 31.5 Å². The fourth-order valence-corrected chi connectivity index (χ4v) is 6.28. The molecule has 0 saturated heterocycles. The van der Waals surface area contributed by atoms with Crippen molar-refractivity contribution in [3.63, 3.8) is 0 Å². The van der Waals surface area contributed by atoms with Gasteiger partial charge in [0.1, 0.15) is 0 Å². The summed E-state index contributed by atoms with van der Waals surface area (Å²) in [5, 5.41) is 20.2. The van der Waals surface area contributed by atoms with Gasteiger partial charge >= 0.3 is 12.1 Å². The summed E-state index contributed by atoms with van der Waals surface area (Å²) in [6, 6.07) is 12.7. The molecule has 2 aliphatic rings. The Kier molecular flexibility index (Phi) is 11.4. The highest BCUT2D eigenvalue weighted by molar-refractivity contribution is 6.34. The van der Waals surface area contributed by atoms with E-state index in [9.17, 15) is 31.5 Å². The maximum Gasteiger partial charge on any atom is 0.455 e. The predicted octanol–water partition coefficient (Wildman–Crippen LogP) is 7.82. The van der Waals surface area contributed by atoms with E-state index in [4.69, 9.17) is 28.5 Å². The monoisotopic (exact) mass is 839 g/mol. The number of nitrogens with zero attached hydrogens (tertiary/aromatic N) is 7. The Bertz CT molecular complexity index is 2550. The zero-order valence-electron chi connectivity index (χ0n) is 30.1. The van der Waals surface area contributed by atoms with Crippen LogP contribution in [0.5, 0.6) is 0 Å². The number of halogens is 7. The fourth-order valence-electron chi connectivity index (χ4n) is 5.75. The Morgan fingerprint density at radius 2 is 1.21 bits per heavy atom. The molecule has 13 nitrogen and oxygen atoms in total. The van der Waals surface area contributed by atoms with E-state index in [2.05, 4.69) is 42.0 Å². The summed E-state index contributed by atoms with van der Waals surface area (Å²) in [6.07, 6.45) is 7.97. The van der Waals surface area contributed by atoms with Crippen molar-refractivity contribution in [1.29, 1.82) is 5.26 Å². The minimum Gasteiger partial charge on any atom is -0.366 e. The molecule has 20 heteroatoms. The first kappa shape index (κ1) is 40.1. The Balaban J connectivity index is 0.000000178. The van der Waals surface area contributed by atoms with Crippen LogP contribution in [0.15, 0.2) is 73.6 Å². The first-order valence-corrected chi connectivity index (χ1v) is 18.6. The Morgan fingerprint density at radius 1 is 0.741 bits per heavy atom. The van der Waals surface area contributed by atoms with E-state index in [0.29, 0.717) is 51.8 Å². The van der Waals surface area contributed by atoms with Gasteiger partial charge in [0.05, 0.1) is 64.0 Å². The van der Waals surface area contributed by atoms with Crippen LogP contribution in [0.2, 0.25) is 10.0 Å². The number of anilines is 2. The first-order chi connectivity index (χ1) is 27.7. The van der Waals surface area contributed by atoms with Crippen LogP contribution in [0.1, 0.15) is 52.8 Å². The molecule has 0 spiro atoms. The van der Waals surface area contributed by atoms with E-state index in [1.54, 1.807) is 42.7 Å². The summed E-state index contributed by atoms with van der Waals surface area (Å²) in [6.45, 7) is -1.18. The molecule has 0 aliphatic heterocycles. The number of benzene rings is 2. The number of carbonyl (C=O) groups excluding carboxylic acids is 2. The van der Waals surface area contributed by atoms with Gasteiger partial charge in [0.2, 0.25) is 0 Å². The fraction of sp³-hybridized carbons (Fsp3) is 0.289. The van der Waals surface area contributed by atoms with Crippen LogP contribution in [0, 0.1) is 11.3 Å². The van der Waals surface area contributed by atoms with Crippen molar-refractivity contribution in [3.8, 4) is 28.6 Å². The molecule has 2 aliphatic carbocycles. The molecular formula is C38H32Cl2F5N11O2. The number of imidazole rings is 2. The lowest BCUT2D eigenvalue weighted by atomic mass is 10.1. The average molecular weight is 841 g/mol. The number of nitriles is 1. The van der Waals surface area contributed by atoms with Gasteiger partial charge in [0, 0.05) is 54.5 Å². The molecule has 0 unspecified atom stereocenters. The van der Waals surface area contributed by atoms with Crippen molar-refractivity contribution in [3.05, 3.63) is 94.8 Å². The molecule has 2 aromatic carbocycles. The molecule has 2 saturated carbocycles. The molecular weight excluding hydrogens is 808 g/mol. The van der Waals surface area contributed by atoms with Gasteiger partial charge in [-0.05, 0) is 49.9 Å². The van der Waals surface area contributed by atoms with Gasteiger partial charge in [0.15, 0.2) is 22.9 Å². The zero-order chi connectivity index (χ0) is 41.2. The van der Waals surface area contributed by atoms with Crippen LogP contribution >= 0.6 is 23.2 Å². The molecule has 2 fully saturated rings. The molecule has 6 aromatic rings. The lowest BCUT2D eigenvalue weighted by Crippen LogP contribution is -2.42. The van der Waals surface area contributed by atoms with E-state index in [1.165, 1.54) is 23.0 Å². The molecule has 300 valence electrons. The van der Waals surface area contributed by atoms with Crippen LogP contribution in [-0.2, 0) is 0 Å². The number of nitrogens with one attached hydrogen (secondary N) is 4. The van der Waals surface area contributed by atoms with Gasteiger partial charge in [0.25, 0.3) is 11.8 Å². The van der Waals surface area contributed by atoms with E-state index >= 15 is 0 Å². The molecule has 4 N–H and O–H groups in total. The lowest BCUT2D eigenvalue weighted by molar-refractivity contribution is -0.275. The van der Waals surface area contributed by atoms with E-state index in [0.717, 1.165) is 36.9 Å². The van der Waals surface area contributed by atoms with Gasteiger partial charge in [-0.1, -0.05) is 35.3 Å². The highest BCUT2D eigenvalue weighted by Crippen LogP contribution is 2.36. The molecule has 0 atom stereocenters. The first-order valence-electron chi connectivity index (χ1n) is 17.9. The molecule has 0 bridgehead atoms. The Hall–Kier alpha value is -6.06. The third-order valence-corrected chi connectivity index (χ3v) is 9.75. The van der Waals surface area contributed by atoms with Gasteiger partial charge < -0.3 is 21.3 Å². The van der Waals surface area contributed by atoms with Crippen LogP contribution in [0.3, 0.4) is 0 Å². The third kappa shape index (κ3) is 8.90. The van der Waals surface area contributed by atoms with Crippen LogP contribution in [0.25, 0.3) is 33.8 Å². The second-order valence-electron chi connectivity index (χ2n) is 13.5. The summed E-state index contributed by atoms with van der Waals surface area (Å²) in [7, 11) is 0. The summed E-state index contributed by atoms with van der Waals surface area (Å²) in [5.41, 5.74) is 4.25. The number of rotatable bonds is 12. The van der Waals surface area contributed by atoms with Crippen molar-refractivity contribution in [2.75, 3.05) is 23.7 Å². The number of carbonyl (C=O) groups is 2. The summed E-state index contributed by atoms with van der Waals surface area (Å²) >= 11 is 12.6. The van der Waals surface area contributed by atoms with Crippen molar-refractivity contribution in [1.82, 2.24) is 39.4 Å². The smallest absolute Gasteiger partial charge is 0.366 e. The SMILES string of the molecule is N#CCCNc1nccn2c(-c3ccc(C(=O)NC4CC4)c(Cl)c3)cnc12.O=C(NC1CC1)c1ccc(-c2cnc3c(NCC(F)(F)C(F)(F)F)nccn23)cc1Cl. The van der Waals surface area contributed by atoms with E-state index in [-0.39, 0.29) is 40.4 Å². The molecule has 2 amide bonds. The van der Waals surface area contributed by atoms with Gasteiger partial charge in [-0.25, -0.2) is 19.9 Å². The molecule has 0 radical (unpaired) electrons. The average Bonchev–Trinajstić information content (AvgIpc) is 4.10. The molecule has 4 aromatic heterocycles. The highest BCUT2D eigenvalue weighted by Gasteiger charge is 2.57. The summed E-state index contributed by atoms with van der Waals surface area (Å²) in [4.78, 5) is 41.1. The normalized spacial score (nSPS) is 14.0. The Labute approximate surface area is 336 Å².